The van der Waals surface area contributed by atoms with E-state index in [1.54, 1.807) is 5.19 Å². The van der Waals surface area contributed by atoms with E-state index in [0.29, 0.717) is 0 Å². The largest absolute Gasteiger partial charge is 0.0782 e. The Hall–Kier alpha value is -0.129. The van der Waals surface area contributed by atoms with E-state index in [2.05, 4.69) is 69.6 Å². The zero-order valence-corrected chi connectivity index (χ0v) is 14.5. The second-order valence-corrected chi connectivity index (χ2v) is 20.5. The van der Waals surface area contributed by atoms with Crippen molar-refractivity contribution >= 4 is 30.9 Å². The number of hydrogen-bond donors (Lipinski definition) is 0. The van der Waals surface area contributed by atoms with Crippen LogP contribution in [0.5, 0.6) is 0 Å². The van der Waals surface area contributed by atoms with Crippen LogP contribution in [0.2, 0.25) is 44.1 Å². The van der Waals surface area contributed by atoms with Crippen LogP contribution in [0.1, 0.15) is 0 Å². The summed E-state index contributed by atoms with van der Waals surface area (Å²) in [6.45, 7) is 15.2. The average Bonchev–Trinajstić information content (AvgIpc) is 2.12. The number of rotatable bonds is 4. The molecule has 1 rings (SSSR count). The van der Waals surface area contributed by atoms with Gasteiger partial charge in [0.1, 0.15) is 0 Å². The Morgan fingerprint density at radius 1 is 0.812 bits per heavy atom. The third kappa shape index (κ3) is 4.03. The van der Waals surface area contributed by atoms with Crippen molar-refractivity contribution in [2.75, 3.05) is 0 Å². The highest BCUT2D eigenvalue weighted by atomic mass is 28.4. The Morgan fingerprint density at radius 2 is 1.25 bits per heavy atom. The molecule has 0 atom stereocenters. The number of benzene rings is 1. The standard InChI is InChI=1S/C13H24Si3/c1-15(2,3)13(16(4,5)6)14-12-10-8-7-9-11-12/h7-11,13H,1-6H3. The van der Waals surface area contributed by atoms with Crippen LogP contribution >= 0.6 is 0 Å². The molecule has 0 aliphatic heterocycles. The summed E-state index contributed by atoms with van der Waals surface area (Å²) in [4.78, 5) is 1.00. The molecule has 0 nitrogen and oxygen atoms in total. The fraction of sp³-hybridized carbons (Fsp3) is 0.538. The third-order valence-corrected chi connectivity index (χ3v) is 18.5. The van der Waals surface area contributed by atoms with Crippen LogP contribution in [0.15, 0.2) is 30.3 Å². The van der Waals surface area contributed by atoms with Gasteiger partial charge in [-0.05, 0) is 0 Å². The van der Waals surface area contributed by atoms with Gasteiger partial charge < -0.3 is 0 Å². The molecule has 0 aromatic heterocycles. The highest BCUT2D eigenvalue weighted by Gasteiger charge is 2.37. The van der Waals surface area contributed by atoms with Crippen LogP contribution in [0.4, 0.5) is 0 Å². The smallest absolute Gasteiger partial charge is 0.0698 e. The SMILES string of the molecule is C[Si](C)(C)C([Si]c1ccccc1)[Si](C)(C)C. The second kappa shape index (κ2) is 5.02. The molecule has 0 spiro atoms. The van der Waals surface area contributed by atoms with E-state index in [1.807, 2.05) is 0 Å². The molecule has 88 valence electrons. The minimum Gasteiger partial charge on any atom is -0.0698 e. The van der Waals surface area contributed by atoms with Gasteiger partial charge in [0.05, 0.1) is 9.52 Å². The summed E-state index contributed by atoms with van der Waals surface area (Å²) in [7, 11) is -1.04. The summed E-state index contributed by atoms with van der Waals surface area (Å²) in [5, 5.41) is 1.55. The van der Waals surface area contributed by atoms with Gasteiger partial charge in [-0.3, -0.25) is 0 Å². The molecule has 1 aromatic carbocycles. The van der Waals surface area contributed by atoms with E-state index in [-0.39, 0.29) is 0 Å². The van der Waals surface area contributed by atoms with Gasteiger partial charge in [0, 0.05) is 16.1 Å². The maximum atomic E-state index is 2.53. The fourth-order valence-corrected chi connectivity index (χ4v) is 18.0. The van der Waals surface area contributed by atoms with Crippen molar-refractivity contribution in [2.45, 2.75) is 44.1 Å². The van der Waals surface area contributed by atoms with Gasteiger partial charge in [-0.15, -0.1) is 0 Å². The molecule has 0 N–H and O–H groups in total. The molecule has 0 amide bonds. The maximum Gasteiger partial charge on any atom is 0.0782 e. The summed E-state index contributed by atoms with van der Waals surface area (Å²) in [6.07, 6.45) is 0. The van der Waals surface area contributed by atoms with E-state index >= 15 is 0 Å². The molecule has 0 fully saturated rings. The van der Waals surface area contributed by atoms with E-state index in [0.717, 1.165) is 14.3 Å². The summed E-state index contributed by atoms with van der Waals surface area (Å²) in [5.74, 6) is 0. The Balaban J connectivity index is 2.89. The first-order valence-electron chi connectivity index (χ1n) is 6.03. The minimum atomic E-state index is -1.03. The molecule has 0 bridgehead atoms. The highest BCUT2D eigenvalue weighted by Crippen LogP contribution is 2.30. The van der Waals surface area contributed by atoms with Crippen molar-refractivity contribution < 1.29 is 0 Å². The van der Waals surface area contributed by atoms with Gasteiger partial charge in [0.15, 0.2) is 0 Å². The fourth-order valence-electron chi connectivity index (χ4n) is 2.43. The van der Waals surface area contributed by atoms with Gasteiger partial charge in [-0.1, -0.05) is 79.6 Å². The maximum absolute atomic E-state index is 2.53. The summed E-state index contributed by atoms with van der Waals surface area (Å²) >= 11 is 0. The summed E-state index contributed by atoms with van der Waals surface area (Å²) < 4.78 is 0. The Kier molecular flexibility index (Phi) is 4.37. The molecule has 0 saturated carbocycles. The van der Waals surface area contributed by atoms with E-state index in [4.69, 9.17) is 0 Å². The van der Waals surface area contributed by atoms with E-state index < -0.39 is 16.1 Å². The lowest BCUT2D eigenvalue weighted by Crippen LogP contribution is -2.49. The van der Waals surface area contributed by atoms with Crippen LogP contribution in [0.3, 0.4) is 0 Å². The topological polar surface area (TPSA) is 0 Å². The van der Waals surface area contributed by atoms with Gasteiger partial charge in [-0.2, -0.15) is 0 Å². The predicted octanol–water partition coefficient (Wildman–Crippen LogP) is 3.56. The molecule has 16 heavy (non-hydrogen) atoms. The molecular formula is C13H24Si3. The van der Waals surface area contributed by atoms with Gasteiger partial charge >= 0.3 is 0 Å². The van der Waals surface area contributed by atoms with Crippen molar-refractivity contribution in [2.24, 2.45) is 0 Å². The molecule has 0 aliphatic rings. The lowest BCUT2D eigenvalue weighted by atomic mass is 10.4. The molecule has 0 heterocycles. The lowest BCUT2D eigenvalue weighted by molar-refractivity contribution is 1.42. The predicted molar refractivity (Wildman–Crippen MR) is 82.3 cm³/mol. The molecule has 0 unspecified atom stereocenters. The van der Waals surface area contributed by atoms with Crippen molar-refractivity contribution in [3.8, 4) is 0 Å². The Morgan fingerprint density at radius 3 is 1.62 bits per heavy atom. The Labute approximate surface area is 105 Å². The molecule has 2 radical (unpaired) electrons. The number of hydrogen-bond acceptors (Lipinski definition) is 0. The summed E-state index contributed by atoms with van der Waals surface area (Å²) in [5.41, 5.74) is 0. The zero-order valence-electron chi connectivity index (χ0n) is 11.5. The molecule has 0 aliphatic carbocycles. The zero-order chi connectivity index (χ0) is 12.4. The first-order valence-corrected chi connectivity index (χ1v) is 14.3. The van der Waals surface area contributed by atoms with Crippen LogP contribution in [-0.4, -0.2) is 25.7 Å². The molecular weight excluding hydrogens is 240 g/mol. The van der Waals surface area contributed by atoms with Crippen molar-refractivity contribution in [3.63, 3.8) is 0 Å². The third-order valence-electron chi connectivity index (χ3n) is 2.82. The second-order valence-electron chi connectivity index (χ2n) is 6.68. The van der Waals surface area contributed by atoms with Crippen LogP contribution in [0.25, 0.3) is 0 Å². The van der Waals surface area contributed by atoms with Crippen molar-refractivity contribution in [1.29, 1.82) is 0 Å². The summed E-state index contributed by atoms with van der Waals surface area (Å²) in [6, 6.07) is 11.1. The van der Waals surface area contributed by atoms with Crippen LogP contribution < -0.4 is 5.19 Å². The monoisotopic (exact) mass is 264 g/mol. The van der Waals surface area contributed by atoms with E-state index in [9.17, 15) is 0 Å². The minimum absolute atomic E-state index is 1.00. The normalized spacial score (nSPS) is 13.2. The van der Waals surface area contributed by atoms with Gasteiger partial charge in [-0.25, -0.2) is 0 Å². The molecule has 1 aromatic rings. The van der Waals surface area contributed by atoms with Crippen molar-refractivity contribution in [1.82, 2.24) is 0 Å². The highest BCUT2D eigenvalue weighted by molar-refractivity contribution is 7.06. The quantitative estimate of drug-likeness (QED) is 0.730. The van der Waals surface area contributed by atoms with Crippen LogP contribution in [-0.2, 0) is 0 Å². The van der Waals surface area contributed by atoms with Crippen LogP contribution in [0, 0.1) is 0 Å². The van der Waals surface area contributed by atoms with E-state index in [1.165, 1.54) is 0 Å². The first kappa shape index (κ1) is 13.9. The van der Waals surface area contributed by atoms with Gasteiger partial charge in [0.25, 0.3) is 0 Å². The first-order chi connectivity index (χ1) is 7.21. The lowest BCUT2D eigenvalue weighted by Gasteiger charge is -2.38. The molecule has 0 saturated heterocycles. The molecule has 3 heteroatoms. The Bertz CT molecular complexity index is 305. The average molecular weight is 265 g/mol. The van der Waals surface area contributed by atoms with Gasteiger partial charge in [0.2, 0.25) is 0 Å². The van der Waals surface area contributed by atoms with Crippen molar-refractivity contribution in [3.05, 3.63) is 30.3 Å².